The van der Waals surface area contributed by atoms with Gasteiger partial charge < -0.3 is 14.8 Å². The van der Waals surface area contributed by atoms with Gasteiger partial charge >= 0.3 is 0 Å². The number of hydrogen-bond acceptors (Lipinski definition) is 4. The van der Waals surface area contributed by atoms with Crippen molar-refractivity contribution in [1.82, 2.24) is 25.0 Å². The van der Waals surface area contributed by atoms with E-state index in [0.29, 0.717) is 5.92 Å². The first-order chi connectivity index (χ1) is 9.40. The average Bonchev–Trinajstić information content (AvgIpc) is 3.16. The predicted octanol–water partition coefficient (Wildman–Crippen LogP) is 0.971. The minimum atomic E-state index is 0.634. The number of nitrogens with one attached hydrogen (secondary N) is 1. The molecule has 0 unspecified atom stereocenters. The molecular weight excluding hydrogens is 238 g/mol. The molecule has 1 aromatic rings. The van der Waals surface area contributed by atoms with Gasteiger partial charge in [0.15, 0.2) is 0 Å². The molecule has 3 aliphatic rings. The third kappa shape index (κ3) is 2.41. The van der Waals surface area contributed by atoms with Crippen LogP contribution in [0.5, 0.6) is 0 Å². The van der Waals surface area contributed by atoms with Crippen LogP contribution < -0.4 is 5.32 Å². The Morgan fingerprint density at radius 2 is 1.89 bits per heavy atom. The smallest absolute Gasteiger partial charge is 0.147 e. The van der Waals surface area contributed by atoms with E-state index in [1.807, 2.05) is 0 Å². The number of hydrogen-bond donors (Lipinski definition) is 1. The quantitative estimate of drug-likeness (QED) is 0.881. The molecule has 0 spiro atoms. The molecule has 104 valence electrons. The summed E-state index contributed by atoms with van der Waals surface area (Å²) < 4.78 is 2.36. The predicted molar refractivity (Wildman–Crippen MR) is 72.9 cm³/mol. The fourth-order valence-corrected chi connectivity index (χ4v) is 3.46. The molecule has 1 saturated carbocycles. The van der Waals surface area contributed by atoms with Gasteiger partial charge in [-0.15, -0.1) is 10.2 Å². The summed E-state index contributed by atoms with van der Waals surface area (Å²) in [6, 6.07) is 0. The summed E-state index contributed by atoms with van der Waals surface area (Å²) in [6.45, 7) is 6.82. The molecular formula is C14H23N5. The van der Waals surface area contributed by atoms with Gasteiger partial charge in [0.05, 0.1) is 6.54 Å². The monoisotopic (exact) mass is 261 g/mol. The van der Waals surface area contributed by atoms with E-state index in [9.17, 15) is 0 Å². The van der Waals surface area contributed by atoms with E-state index in [4.69, 9.17) is 0 Å². The molecule has 1 aliphatic carbocycles. The number of nitrogens with zero attached hydrogens (tertiary/aromatic N) is 4. The van der Waals surface area contributed by atoms with Gasteiger partial charge in [-0.05, 0) is 44.7 Å². The Balaban J connectivity index is 1.41. The Kier molecular flexibility index (Phi) is 3.04. The molecule has 0 atom stereocenters. The first-order valence-electron chi connectivity index (χ1n) is 7.75. The molecule has 0 amide bonds. The van der Waals surface area contributed by atoms with Crippen molar-refractivity contribution in [1.29, 1.82) is 0 Å². The third-order valence-corrected chi connectivity index (χ3v) is 4.82. The van der Waals surface area contributed by atoms with E-state index in [1.54, 1.807) is 0 Å². The van der Waals surface area contributed by atoms with Gasteiger partial charge in [-0.25, -0.2) is 0 Å². The number of fused-ring (bicyclic) bond motifs is 1. The summed E-state index contributed by atoms with van der Waals surface area (Å²) in [5.41, 5.74) is 0. The Labute approximate surface area is 114 Å². The highest BCUT2D eigenvalue weighted by Crippen LogP contribution is 2.33. The van der Waals surface area contributed by atoms with E-state index in [-0.39, 0.29) is 0 Å². The number of likely N-dealkylation sites (tertiary alicyclic amines) is 1. The van der Waals surface area contributed by atoms with Crippen LogP contribution in [0.25, 0.3) is 0 Å². The lowest BCUT2D eigenvalue weighted by molar-refractivity contribution is 0.199. The second-order valence-electron chi connectivity index (χ2n) is 6.32. The molecule has 0 radical (unpaired) electrons. The van der Waals surface area contributed by atoms with Gasteiger partial charge in [-0.2, -0.15) is 0 Å². The van der Waals surface area contributed by atoms with Crippen LogP contribution in [0.3, 0.4) is 0 Å². The summed E-state index contributed by atoms with van der Waals surface area (Å²) in [7, 11) is 0. The number of aromatic nitrogens is 3. The zero-order valence-electron chi connectivity index (χ0n) is 11.5. The summed E-state index contributed by atoms with van der Waals surface area (Å²) in [6.07, 6.45) is 5.45. The lowest BCUT2D eigenvalue weighted by atomic mass is 9.95. The second kappa shape index (κ2) is 4.87. The van der Waals surface area contributed by atoms with Gasteiger partial charge in [0, 0.05) is 25.6 Å². The number of piperidine rings is 1. The van der Waals surface area contributed by atoms with Crippen molar-refractivity contribution in [2.45, 2.75) is 44.7 Å². The summed E-state index contributed by atoms with van der Waals surface area (Å²) >= 11 is 0. The molecule has 0 aromatic carbocycles. The van der Waals surface area contributed by atoms with E-state index < -0.39 is 0 Å². The van der Waals surface area contributed by atoms with E-state index in [0.717, 1.165) is 31.4 Å². The number of rotatable bonds is 3. The molecule has 4 rings (SSSR count). The van der Waals surface area contributed by atoms with Crippen molar-refractivity contribution in [3.63, 3.8) is 0 Å². The van der Waals surface area contributed by atoms with Gasteiger partial charge in [0.1, 0.15) is 11.6 Å². The van der Waals surface area contributed by atoms with Crippen LogP contribution in [0, 0.1) is 5.92 Å². The van der Waals surface area contributed by atoms with Crippen LogP contribution >= 0.6 is 0 Å². The molecule has 5 heteroatoms. The summed E-state index contributed by atoms with van der Waals surface area (Å²) in [4.78, 5) is 2.66. The average molecular weight is 261 g/mol. The first kappa shape index (κ1) is 11.9. The van der Waals surface area contributed by atoms with E-state index in [2.05, 4.69) is 25.0 Å². The minimum absolute atomic E-state index is 0.634. The third-order valence-electron chi connectivity index (χ3n) is 4.82. The molecule has 3 heterocycles. The topological polar surface area (TPSA) is 46.0 Å². The van der Waals surface area contributed by atoms with Crippen molar-refractivity contribution in [3.05, 3.63) is 11.6 Å². The van der Waals surface area contributed by atoms with Crippen molar-refractivity contribution >= 4 is 0 Å². The van der Waals surface area contributed by atoms with Gasteiger partial charge in [0.25, 0.3) is 0 Å². The maximum Gasteiger partial charge on any atom is 0.147 e. The molecule has 2 fully saturated rings. The van der Waals surface area contributed by atoms with Gasteiger partial charge in [-0.1, -0.05) is 0 Å². The Morgan fingerprint density at radius 1 is 1.05 bits per heavy atom. The maximum absolute atomic E-state index is 4.47. The van der Waals surface area contributed by atoms with E-state index in [1.165, 1.54) is 51.1 Å². The van der Waals surface area contributed by atoms with Crippen LogP contribution in [0.4, 0.5) is 0 Å². The van der Waals surface area contributed by atoms with Crippen molar-refractivity contribution in [2.24, 2.45) is 5.92 Å². The van der Waals surface area contributed by atoms with Crippen LogP contribution in [0.2, 0.25) is 0 Å². The molecule has 1 N–H and O–H groups in total. The van der Waals surface area contributed by atoms with Crippen molar-refractivity contribution in [2.75, 3.05) is 26.2 Å². The first-order valence-corrected chi connectivity index (χ1v) is 7.75. The lowest BCUT2D eigenvalue weighted by Crippen LogP contribution is -2.36. The van der Waals surface area contributed by atoms with Crippen molar-refractivity contribution in [3.8, 4) is 0 Å². The van der Waals surface area contributed by atoms with Gasteiger partial charge in [0.2, 0.25) is 0 Å². The highest BCUT2D eigenvalue weighted by atomic mass is 15.3. The molecule has 0 bridgehead atoms. The molecule has 2 aliphatic heterocycles. The summed E-state index contributed by atoms with van der Waals surface area (Å²) in [5, 5.41) is 12.2. The zero-order valence-corrected chi connectivity index (χ0v) is 11.5. The largest absolute Gasteiger partial charge is 0.312 e. The van der Waals surface area contributed by atoms with Crippen LogP contribution in [0.1, 0.15) is 43.3 Å². The minimum Gasteiger partial charge on any atom is -0.312 e. The normalized spacial score (nSPS) is 25.5. The molecule has 19 heavy (non-hydrogen) atoms. The zero-order chi connectivity index (χ0) is 12.7. The van der Waals surface area contributed by atoms with Crippen molar-refractivity contribution < 1.29 is 0 Å². The Morgan fingerprint density at radius 3 is 2.68 bits per heavy atom. The molecule has 1 aromatic heterocycles. The van der Waals surface area contributed by atoms with E-state index >= 15 is 0 Å². The Bertz CT molecular complexity index is 443. The molecule has 5 nitrogen and oxygen atoms in total. The highest BCUT2D eigenvalue weighted by Gasteiger charge is 2.30. The van der Waals surface area contributed by atoms with Crippen LogP contribution in [-0.2, 0) is 13.1 Å². The van der Waals surface area contributed by atoms with Crippen LogP contribution in [0.15, 0.2) is 0 Å². The summed E-state index contributed by atoms with van der Waals surface area (Å²) in [5.74, 6) is 4.03. The molecule has 1 saturated heterocycles. The standard InChI is InChI=1S/C14H23N5/c1-2-11(1)10-18-6-3-12(4-7-18)14-17-16-13-9-15-5-8-19(13)14/h11-12,15H,1-10H2. The second-order valence-corrected chi connectivity index (χ2v) is 6.32. The fourth-order valence-electron chi connectivity index (χ4n) is 3.46. The maximum atomic E-state index is 4.47. The highest BCUT2D eigenvalue weighted by molar-refractivity contribution is 5.05. The lowest BCUT2D eigenvalue weighted by Gasteiger charge is -2.32. The fraction of sp³-hybridized carbons (Fsp3) is 0.857. The van der Waals surface area contributed by atoms with Crippen LogP contribution in [-0.4, -0.2) is 45.8 Å². The Hall–Kier alpha value is -0.940. The SMILES string of the molecule is C1Cn2c(nnc2C2CCN(CC3CC3)CC2)CN1. The van der Waals surface area contributed by atoms with Gasteiger partial charge in [-0.3, -0.25) is 0 Å².